The van der Waals surface area contributed by atoms with Crippen molar-refractivity contribution in [3.05, 3.63) is 53.2 Å². The molecular formula is C37H56N2O4. The van der Waals surface area contributed by atoms with Crippen molar-refractivity contribution < 1.29 is 19.7 Å². The van der Waals surface area contributed by atoms with Crippen molar-refractivity contribution in [1.29, 1.82) is 0 Å². The Balaban J connectivity index is 1.29. The van der Waals surface area contributed by atoms with Gasteiger partial charge in [-0.05, 0) is 105 Å². The van der Waals surface area contributed by atoms with Gasteiger partial charge >= 0.3 is 5.97 Å². The number of aliphatic hydroxyl groups is 2. The molecule has 6 heteroatoms. The molecule has 4 aliphatic carbocycles. The number of fused-ring (bicyclic) bond motifs is 1. The monoisotopic (exact) mass is 592 g/mol. The number of hydrogen-bond donors (Lipinski definition) is 3. The zero-order chi connectivity index (χ0) is 30.9. The summed E-state index contributed by atoms with van der Waals surface area (Å²) in [6, 6.07) is 0. The number of allylic oxidation sites excluding steroid dienone is 3. The standard InChI is InChI=1S/C37H56N2O4/c1-7-9-28-22-38-35(39-28)37(18-19-37)33(43-34(42)23(2)3)16-11-24(4)30-14-15-31-26(10-8-17-36(30,31)6)12-13-27-20-29(40)21-32(41)25(27)5/h12-13,22-24,29-33,40-41H,5,7-11,14-21H2,1-4,6H3,(H,38,39)/b26-12+,27-13-/t24-,29-,30-,31+,32+,33-,36-/m1/s1. The maximum absolute atomic E-state index is 12.9. The van der Waals surface area contributed by atoms with Gasteiger partial charge in [0.1, 0.15) is 11.9 Å². The second kappa shape index (κ2) is 13.0. The highest BCUT2D eigenvalue weighted by molar-refractivity contribution is 5.72. The minimum absolute atomic E-state index is 0.103. The SMILES string of the molecule is C=C1/C(=C\C=C2/CCC[C@]3(C)[C@@H]([C@H](C)CC[C@@H](OC(=O)C(C)C)C4(c5ncc(CCC)[nH]5)CC4)CC[C@@H]23)C[C@@H](O)C[C@@H]1O. The minimum atomic E-state index is -0.647. The van der Waals surface area contributed by atoms with E-state index in [4.69, 9.17) is 9.72 Å². The summed E-state index contributed by atoms with van der Waals surface area (Å²) >= 11 is 0. The summed E-state index contributed by atoms with van der Waals surface area (Å²) in [5, 5.41) is 20.5. The predicted octanol–water partition coefficient (Wildman–Crippen LogP) is 7.52. The highest BCUT2D eigenvalue weighted by Crippen LogP contribution is 2.60. The lowest BCUT2D eigenvalue weighted by Crippen LogP contribution is -2.37. The van der Waals surface area contributed by atoms with E-state index < -0.39 is 12.2 Å². The van der Waals surface area contributed by atoms with Crippen molar-refractivity contribution in [2.75, 3.05) is 0 Å². The van der Waals surface area contributed by atoms with Crippen LogP contribution in [-0.2, 0) is 21.4 Å². The van der Waals surface area contributed by atoms with Crippen LogP contribution in [0.3, 0.4) is 0 Å². The van der Waals surface area contributed by atoms with E-state index in [0.29, 0.717) is 30.6 Å². The lowest BCUT2D eigenvalue weighted by atomic mass is 9.60. The number of imidazole rings is 1. The molecule has 4 fully saturated rings. The van der Waals surface area contributed by atoms with Crippen molar-refractivity contribution in [2.24, 2.45) is 29.1 Å². The van der Waals surface area contributed by atoms with E-state index in [9.17, 15) is 15.0 Å². The number of nitrogens with zero attached hydrogens (tertiary/aromatic N) is 1. The van der Waals surface area contributed by atoms with Crippen molar-refractivity contribution in [3.8, 4) is 0 Å². The summed E-state index contributed by atoms with van der Waals surface area (Å²) in [4.78, 5) is 21.3. The van der Waals surface area contributed by atoms with E-state index in [-0.39, 0.29) is 28.8 Å². The Morgan fingerprint density at radius 3 is 2.65 bits per heavy atom. The number of carbonyl (C=O) groups excluding carboxylic acids is 1. The Morgan fingerprint density at radius 2 is 1.95 bits per heavy atom. The maximum atomic E-state index is 12.9. The first-order valence-electron chi connectivity index (χ1n) is 17.2. The van der Waals surface area contributed by atoms with Crippen LogP contribution in [0, 0.1) is 29.1 Å². The van der Waals surface area contributed by atoms with Gasteiger partial charge in [-0.25, -0.2) is 4.98 Å². The number of ether oxygens (including phenoxy) is 1. The molecule has 0 spiro atoms. The molecule has 6 nitrogen and oxygen atoms in total. The number of aliphatic hydroxyl groups excluding tert-OH is 2. The normalized spacial score (nSPS) is 33.5. The number of esters is 1. The molecule has 238 valence electrons. The van der Waals surface area contributed by atoms with E-state index in [0.717, 1.165) is 61.9 Å². The third-order valence-corrected chi connectivity index (χ3v) is 11.6. The first-order chi connectivity index (χ1) is 20.5. The van der Waals surface area contributed by atoms with Crippen molar-refractivity contribution in [3.63, 3.8) is 0 Å². The van der Waals surface area contributed by atoms with Crippen LogP contribution in [0.5, 0.6) is 0 Å². The molecule has 0 aromatic carbocycles. The summed E-state index contributed by atoms with van der Waals surface area (Å²) in [5.74, 6) is 2.51. The first kappa shape index (κ1) is 32.2. The molecule has 5 rings (SSSR count). The van der Waals surface area contributed by atoms with Gasteiger partial charge in [-0.15, -0.1) is 0 Å². The first-order valence-corrected chi connectivity index (χ1v) is 17.2. The Kier molecular flexibility index (Phi) is 9.78. The smallest absolute Gasteiger partial charge is 0.308 e. The molecule has 1 aromatic rings. The highest BCUT2D eigenvalue weighted by Gasteiger charge is 2.56. The van der Waals surface area contributed by atoms with Gasteiger partial charge in [0.15, 0.2) is 0 Å². The molecule has 1 aromatic heterocycles. The van der Waals surface area contributed by atoms with Gasteiger partial charge in [0, 0.05) is 18.3 Å². The van der Waals surface area contributed by atoms with E-state index >= 15 is 0 Å². The Bertz CT molecular complexity index is 1220. The van der Waals surface area contributed by atoms with Gasteiger partial charge in [0.25, 0.3) is 0 Å². The summed E-state index contributed by atoms with van der Waals surface area (Å²) in [7, 11) is 0. The molecule has 0 radical (unpaired) electrons. The van der Waals surface area contributed by atoms with Crippen LogP contribution in [0.15, 0.2) is 41.6 Å². The largest absolute Gasteiger partial charge is 0.461 e. The molecule has 43 heavy (non-hydrogen) atoms. The van der Waals surface area contributed by atoms with Crippen LogP contribution in [0.25, 0.3) is 0 Å². The fourth-order valence-corrected chi connectivity index (χ4v) is 8.87. The molecule has 0 aliphatic heterocycles. The van der Waals surface area contributed by atoms with E-state index in [1.54, 1.807) is 0 Å². The number of hydrogen-bond acceptors (Lipinski definition) is 5. The fourth-order valence-electron chi connectivity index (χ4n) is 8.87. The summed E-state index contributed by atoms with van der Waals surface area (Å²) < 4.78 is 6.28. The van der Waals surface area contributed by atoms with Crippen molar-refractivity contribution >= 4 is 5.97 Å². The third-order valence-electron chi connectivity index (χ3n) is 11.6. The molecule has 0 bridgehead atoms. The van der Waals surface area contributed by atoms with Crippen molar-refractivity contribution in [2.45, 2.75) is 142 Å². The van der Waals surface area contributed by atoms with Crippen LogP contribution in [0.1, 0.15) is 123 Å². The van der Waals surface area contributed by atoms with E-state index in [2.05, 4.69) is 44.5 Å². The number of aryl methyl sites for hydroxylation is 1. The van der Waals surface area contributed by atoms with Crippen LogP contribution in [-0.4, -0.2) is 44.5 Å². The van der Waals surface area contributed by atoms with Crippen LogP contribution < -0.4 is 0 Å². The predicted molar refractivity (Wildman–Crippen MR) is 171 cm³/mol. The van der Waals surface area contributed by atoms with Gasteiger partial charge in [-0.1, -0.05) is 65.3 Å². The molecule has 7 atom stereocenters. The summed E-state index contributed by atoms with van der Waals surface area (Å²) in [6.07, 6.45) is 18.1. The zero-order valence-electron chi connectivity index (χ0n) is 27.3. The summed E-state index contributed by atoms with van der Waals surface area (Å²) in [5.41, 5.74) is 4.55. The zero-order valence-corrected chi connectivity index (χ0v) is 27.3. The third kappa shape index (κ3) is 6.61. The van der Waals surface area contributed by atoms with Gasteiger partial charge in [0.05, 0.1) is 23.5 Å². The van der Waals surface area contributed by atoms with E-state index in [1.165, 1.54) is 37.0 Å². The maximum Gasteiger partial charge on any atom is 0.308 e. The fraction of sp³-hybridized carbons (Fsp3) is 0.730. The topological polar surface area (TPSA) is 95.4 Å². The van der Waals surface area contributed by atoms with Crippen LogP contribution in [0.4, 0.5) is 0 Å². The Hall–Kier alpha value is -2.18. The quantitative estimate of drug-likeness (QED) is 0.231. The highest BCUT2D eigenvalue weighted by atomic mass is 16.5. The van der Waals surface area contributed by atoms with Gasteiger partial charge in [-0.3, -0.25) is 4.79 Å². The van der Waals surface area contributed by atoms with Crippen molar-refractivity contribution in [1.82, 2.24) is 9.97 Å². The van der Waals surface area contributed by atoms with E-state index in [1.807, 2.05) is 20.0 Å². The molecule has 4 saturated carbocycles. The van der Waals surface area contributed by atoms with Gasteiger partial charge in [0.2, 0.25) is 0 Å². The molecule has 0 saturated heterocycles. The molecule has 0 unspecified atom stereocenters. The average molecular weight is 593 g/mol. The molecule has 0 amide bonds. The Labute approximate surface area is 259 Å². The van der Waals surface area contributed by atoms with Crippen LogP contribution in [0.2, 0.25) is 0 Å². The Morgan fingerprint density at radius 1 is 1.19 bits per heavy atom. The lowest BCUT2D eigenvalue weighted by Gasteiger charge is -2.44. The number of carbonyl (C=O) groups is 1. The molecule has 3 N–H and O–H groups in total. The summed E-state index contributed by atoms with van der Waals surface area (Å²) in [6.45, 7) is 15.1. The second-order valence-corrected chi connectivity index (χ2v) is 15.0. The number of H-pyrrole nitrogens is 1. The average Bonchev–Trinajstić information content (AvgIpc) is 3.49. The number of nitrogens with one attached hydrogen (secondary N) is 1. The number of rotatable bonds is 11. The number of aromatic nitrogens is 2. The number of aromatic amines is 1. The van der Waals surface area contributed by atoms with Crippen LogP contribution >= 0.6 is 0 Å². The minimum Gasteiger partial charge on any atom is -0.461 e. The molecular weight excluding hydrogens is 536 g/mol. The molecule has 4 aliphatic rings. The second-order valence-electron chi connectivity index (χ2n) is 15.0. The van der Waals surface area contributed by atoms with Gasteiger partial charge < -0.3 is 19.9 Å². The molecule has 1 heterocycles. The van der Waals surface area contributed by atoms with Gasteiger partial charge in [-0.2, -0.15) is 0 Å². The lowest BCUT2D eigenvalue weighted by molar-refractivity contribution is -0.155.